The molecule has 2 aromatic rings. The van der Waals surface area contributed by atoms with Crippen LogP contribution in [0.3, 0.4) is 0 Å². The normalized spacial score (nSPS) is 17.5. The summed E-state index contributed by atoms with van der Waals surface area (Å²) in [7, 11) is 1.58. The van der Waals surface area contributed by atoms with Crippen molar-refractivity contribution in [3.05, 3.63) is 65.2 Å². The Bertz CT molecular complexity index is 1060. The second kappa shape index (κ2) is 11.4. The van der Waals surface area contributed by atoms with Gasteiger partial charge in [0.1, 0.15) is 11.8 Å². The van der Waals surface area contributed by atoms with E-state index in [2.05, 4.69) is 5.32 Å². The number of nitrogens with one attached hydrogen (secondary N) is 1. The summed E-state index contributed by atoms with van der Waals surface area (Å²) in [5.74, 6) is 0.381. The van der Waals surface area contributed by atoms with Crippen LogP contribution in [0.1, 0.15) is 58.4 Å². The fourth-order valence-corrected chi connectivity index (χ4v) is 5.11. The van der Waals surface area contributed by atoms with Crippen LogP contribution in [0.4, 0.5) is 0 Å². The Morgan fingerprint density at radius 3 is 2.31 bits per heavy atom. The van der Waals surface area contributed by atoms with Gasteiger partial charge in [-0.3, -0.25) is 14.4 Å². The molecule has 7 heteroatoms. The van der Waals surface area contributed by atoms with Crippen molar-refractivity contribution in [3.8, 4) is 5.75 Å². The number of benzene rings is 2. The van der Waals surface area contributed by atoms with Crippen molar-refractivity contribution in [1.82, 2.24) is 15.1 Å². The number of amides is 3. The van der Waals surface area contributed by atoms with Gasteiger partial charge in [0.2, 0.25) is 5.91 Å². The number of hydrogen-bond acceptors (Lipinski definition) is 4. The Hall–Kier alpha value is -3.35. The Morgan fingerprint density at radius 2 is 1.63 bits per heavy atom. The van der Waals surface area contributed by atoms with Gasteiger partial charge in [-0.25, -0.2) is 0 Å². The number of piperidine rings is 2. The highest BCUT2D eigenvalue weighted by molar-refractivity contribution is 5.99. The lowest BCUT2D eigenvalue weighted by Crippen LogP contribution is -2.55. The molecule has 2 aromatic carbocycles. The van der Waals surface area contributed by atoms with Crippen LogP contribution in [-0.2, 0) is 4.79 Å². The van der Waals surface area contributed by atoms with Crippen molar-refractivity contribution in [3.63, 3.8) is 0 Å². The van der Waals surface area contributed by atoms with E-state index in [-0.39, 0.29) is 23.6 Å². The first kappa shape index (κ1) is 24.8. The highest BCUT2D eigenvalue weighted by atomic mass is 16.5. The first-order valence-electron chi connectivity index (χ1n) is 12.6. The lowest BCUT2D eigenvalue weighted by atomic mass is 9.87. The SMILES string of the molecule is COc1cccc(C(=O)N2CCC([C@H](NC(=O)c3ccccc3C)C(=O)N3CCCCC3)CC2)c1. The summed E-state index contributed by atoms with van der Waals surface area (Å²) in [6.45, 7) is 4.47. The molecule has 3 amide bonds. The molecule has 0 aliphatic carbocycles. The number of methoxy groups -OCH3 is 1. The van der Waals surface area contributed by atoms with E-state index in [0.29, 0.717) is 42.8 Å². The lowest BCUT2D eigenvalue weighted by Gasteiger charge is -2.38. The maximum absolute atomic E-state index is 13.6. The van der Waals surface area contributed by atoms with Gasteiger partial charge in [-0.05, 0) is 74.8 Å². The summed E-state index contributed by atoms with van der Waals surface area (Å²) in [5, 5.41) is 3.08. The monoisotopic (exact) mass is 477 g/mol. The van der Waals surface area contributed by atoms with E-state index in [0.717, 1.165) is 37.9 Å². The third kappa shape index (κ3) is 5.84. The molecule has 1 atom stereocenters. The quantitative estimate of drug-likeness (QED) is 0.689. The van der Waals surface area contributed by atoms with Crippen LogP contribution in [0.25, 0.3) is 0 Å². The predicted octanol–water partition coefficient (Wildman–Crippen LogP) is 3.67. The van der Waals surface area contributed by atoms with Crippen LogP contribution >= 0.6 is 0 Å². The largest absolute Gasteiger partial charge is 0.497 e. The molecular formula is C28H35N3O4. The van der Waals surface area contributed by atoms with Gasteiger partial charge in [0.15, 0.2) is 0 Å². The number of hydrogen-bond donors (Lipinski definition) is 1. The van der Waals surface area contributed by atoms with Crippen LogP contribution in [0.2, 0.25) is 0 Å². The molecule has 35 heavy (non-hydrogen) atoms. The fraction of sp³-hybridized carbons (Fsp3) is 0.464. The Morgan fingerprint density at radius 1 is 0.914 bits per heavy atom. The minimum absolute atomic E-state index is 0.00389. The van der Waals surface area contributed by atoms with E-state index >= 15 is 0 Å². The Labute approximate surface area is 207 Å². The first-order chi connectivity index (χ1) is 17.0. The predicted molar refractivity (Wildman–Crippen MR) is 134 cm³/mol. The topological polar surface area (TPSA) is 79.0 Å². The standard InChI is InChI=1S/C28H35N3O4/c1-20-9-4-5-12-24(20)26(32)29-25(28(34)30-15-6-3-7-16-30)21-13-17-31(18-14-21)27(33)22-10-8-11-23(19-22)35-2/h4-5,8-12,19,21,25H,3,6-7,13-18H2,1-2H3,(H,29,32)/t25-/m0/s1. The number of nitrogens with zero attached hydrogens (tertiary/aromatic N) is 2. The molecule has 0 bridgehead atoms. The summed E-state index contributed by atoms with van der Waals surface area (Å²) in [6, 6.07) is 14.0. The second-order valence-corrected chi connectivity index (χ2v) is 9.51. The zero-order valence-corrected chi connectivity index (χ0v) is 20.7. The number of carbonyl (C=O) groups excluding carboxylic acids is 3. The molecule has 2 aliphatic heterocycles. The van der Waals surface area contributed by atoms with Crippen LogP contribution in [0.15, 0.2) is 48.5 Å². The smallest absolute Gasteiger partial charge is 0.253 e. The molecule has 4 rings (SSSR count). The van der Waals surface area contributed by atoms with Crippen molar-refractivity contribution in [1.29, 1.82) is 0 Å². The van der Waals surface area contributed by atoms with E-state index in [1.807, 2.05) is 47.1 Å². The van der Waals surface area contributed by atoms with Gasteiger partial charge in [0.05, 0.1) is 7.11 Å². The highest BCUT2D eigenvalue weighted by Crippen LogP contribution is 2.26. The number of rotatable bonds is 6. The van der Waals surface area contributed by atoms with Gasteiger partial charge in [-0.1, -0.05) is 24.3 Å². The number of ether oxygens (including phenoxy) is 1. The summed E-state index contributed by atoms with van der Waals surface area (Å²) >= 11 is 0. The summed E-state index contributed by atoms with van der Waals surface area (Å²) in [6.07, 6.45) is 4.45. The zero-order chi connectivity index (χ0) is 24.8. The molecule has 1 N–H and O–H groups in total. The first-order valence-corrected chi connectivity index (χ1v) is 12.6. The van der Waals surface area contributed by atoms with Gasteiger partial charge in [-0.15, -0.1) is 0 Å². The molecule has 186 valence electrons. The Kier molecular flexibility index (Phi) is 8.06. The van der Waals surface area contributed by atoms with Crippen molar-refractivity contribution < 1.29 is 19.1 Å². The van der Waals surface area contributed by atoms with Gasteiger partial charge in [0.25, 0.3) is 11.8 Å². The van der Waals surface area contributed by atoms with Crippen LogP contribution in [-0.4, -0.2) is 66.9 Å². The highest BCUT2D eigenvalue weighted by Gasteiger charge is 2.36. The summed E-state index contributed by atoms with van der Waals surface area (Å²) in [5.41, 5.74) is 2.07. The van der Waals surface area contributed by atoms with Crippen molar-refractivity contribution in [2.75, 3.05) is 33.3 Å². The molecule has 0 aromatic heterocycles. The van der Waals surface area contributed by atoms with Gasteiger partial charge < -0.3 is 19.9 Å². The zero-order valence-electron chi connectivity index (χ0n) is 20.7. The number of aryl methyl sites for hydroxylation is 1. The van der Waals surface area contributed by atoms with Gasteiger partial charge >= 0.3 is 0 Å². The van der Waals surface area contributed by atoms with Gasteiger partial charge in [0, 0.05) is 37.3 Å². The second-order valence-electron chi connectivity index (χ2n) is 9.51. The summed E-state index contributed by atoms with van der Waals surface area (Å²) in [4.78, 5) is 43.5. The molecule has 0 saturated carbocycles. The molecule has 2 heterocycles. The molecule has 2 fully saturated rings. The molecule has 0 radical (unpaired) electrons. The van der Waals surface area contributed by atoms with E-state index in [9.17, 15) is 14.4 Å². The molecule has 2 saturated heterocycles. The maximum Gasteiger partial charge on any atom is 0.253 e. The van der Waals surface area contributed by atoms with Crippen LogP contribution in [0, 0.1) is 12.8 Å². The summed E-state index contributed by atoms with van der Waals surface area (Å²) < 4.78 is 5.25. The van der Waals surface area contributed by atoms with E-state index in [1.54, 1.807) is 25.3 Å². The third-order valence-electron chi connectivity index (χ3n) is 7.22. The molecule has 2 aliphatic rings. The van der Waals surface area contributed by atoms with Gasteiger partial charge in [-0.2, -0.15) is 0 Å². The van der Waals surface area contributed by atoms with Crippen LogP contribution < -0.4 is 10.1 Å². The maximum atomic E-state index is 13.6. The molecule has 0 spiro atoms. The van der Waals surface area contributed by atoms with E-state index in [4.69, 9.17) is 4.74 Å². The molecular weight excluding hydrogens is 442 g/mol. The number of carbonyl (C=O) groups is 3. The van der Waals surface area contributed by atoms with Crippen molar-refractivity contribution in [2.45, 2.75) is 45.1 Å². The van der Waals surface area contributed by atoms with E-state index in [1.165, 1.54) is 0 Å². The van der Waals surface area contributed by atoms with E-state index < -0.39 is 6.04 Å². The number of likely N-dealkylation sites (tertiary alicyclic amines) is 2. The average molecular weight is 478 g/mol. The lowest BCUT2D eigenvalue weighted by molar-refractivity contribution is -0.136. The average Bonchev–Trinajstić information content (AvgIpc) is 2.91. The Balaban J connectivity index is 1.47. The molecule has 0 unspecified atom stereocenters. The minimum Gasteiger partial charge on any atom is -0.497 e. The third-order valence-corrected chi connectivity index (χ3v) is 7.22. The van der Waals surface area contributed by atoms with Crippen molar-refractivity contribution in [2.24, 2.45) is 5.92 Å². The fourth-order valence-electron chi connectivity index (χ4n) is 5.11. The minimum atomic E-state index is -0.589. The molecule has 7 nitrogen and oxygen atoms in total. The van der Waals surface area contributed by atoms with Crippen LogP contribution in [0.5, 0.6) is 5.75 Å². The van der Waals surface area contributed by atoms with Crippen molar-refractivity contribution >= 4 is 17.7 Å².